The summed E-state index contributed by atoms with van der Waals surface area (Å²) in [6, 6.07) is 16.9. The summed E-state index contributed by atoms with van der Waals surface area (Å²) in [5, 5.41) is 23.2. The molecule has 3 aliphatic rings. The Morgan fingerprint density at radius 2 is 1.77 bits per heavy atom. The van der Waals surface area contributed by atoms with Gasteiger partial charge in [0.05, 0.1) is 35.4 Å². The molecule has 206 valence electrons. The van der Waals surface area contributed by atoms with Crippen LogP contribution in [-0.2, 0) is 0 Å². The zero-order valence-electron chi connectivity index (χ0n) is 22.8. The number of ether oxygens (including phenoxy) is 1. The molecule has 3 aliphatic carbocycles. The Morgan fingerprint density at radius 1 is 1.00 bits per heavy atom. The lowest BCUT2D eigenvalue weighted by Crippen LogP contribution is -2.25. The largest absolute Gasteiger partial charge is 0.490 e. The van der Waals surface area contributed by atoms with Gasteiger partial charge in [0, 0.05) is 18.0 Å². The minimum atomic E-state index is -0.957. The van der Waals surface area contributed by atoms with E-state index in [1.165, 1.54) is 38.3 Å². The second-order valence-corrected chi connectivity index (χ2v) is 11.8. The van der Waals surface area contributed by atoms with E-state index >= 15 is 0 Å². The van der Waals surface area contributed by atoms with Gasteiger partial charge in [-0.15, -0.1) is 5.10 Å². The molecule has 0 bridgehead atoms. The SMILES string of the molecule is C[C@H](Oc1cccc(-c2cccc(-n3ncc(C(=O)O)c3[C@@H]3C[C@H]3c3cn(C4CC4)nn3)c2)c1)C1CCCCC1. The summed E-state index contributed by atoms with van der Waals surface area (Å²) < 4.78 is 10.2. The van der Waals surface area contributed by atoms with Crippen molar-refractivity contribution in [3.8, 4) is 22.6 Å². The van der Waals surface area contributed by atoms with Crippen molar-refractivity contribution in [1.29, 1.82) is 0 Å². The predicted octanol–water partition coefficient (Wildman–Crippen LogP) is 6.78. The molecule has 0 aliphatic heterocycles. The fraction of sp³-hybridized carbons (Fsp3) is 0.438. The molecule has 0 radical (unpaired) electrons. The molecule has 3 fully saturated rings. The van der Waals surface area contributed by atoms with Gasteiger partial charge in [-0.2, -0.15) is 5.10 Å². The predicted molar refractivity (Wildman–Crippen MR) is 151 cm³/mol. The fourth-order valence-corrected chi connectivity index (χ4v) is 6.37. The Hall–Kier alpha value is -3.94. The van der Waals surface area contributed by atoms with Crippen molar-refractivity contribution in [3.05, 3.63) is 77.9 Å². The first-order valence-corrected chi connectivity index (χ1v) is 14.7. The van der Waals surface area contributed by atoms with Crippen molar-refractivity contribution in [1.82, 2.24) is 24.8 Å². The van der Waals surface area contributed by atoms with Crippen molar-refractivity contribution in [2.24, 2.45) is 5.92 Å². The van der Waals surface area contributed by atoms with E-state index in [4.69, 9.17) is 4.74 Å². The summed E-state index contributed by atoms with van der Waals surface area (Å²) in [6.07, 6.45) is 13.3. The van der Waals surface area contributed by atoms with Crippen molar-refractivity contribution in [2.75, 3.05) is 0 Å². The third kappa shape index (κ3) is 4.91. The molecule has 40 heavy (non-hydrogen) atoms. The first-order valence-electron chi connectivity index (χ1n) is 14.7. The number of hydrogen-bond acceptors (Lipinski definition) is 5. The van der Waals surface area contributed by atoms with Gasteiger partial charge >= 0.3 is 5.97 Å². The molecule has 0 amide bonds. The van der Waals surface area contributed by atoms with E-state index in [1.807, 2.05) is 35.1 Å². The highest BCUT2D eigenvalue weighted by molar-refractivity contribution is 5.89. The number of benzene rings is 2. The third-order valence-corrected chi connectivity index (χ3v) is 8.90. The summed E-state index contributed by atoms with van der Waals surface area (Å²) in [5.74, 6) is 0.742. The van der Waals surface area contributed by atoms with Crippen LogP contribution in [0, 0.1) is 5.92 Å². The molecule has 1 N–H and O–H groups in total. The van der Waals surface area contributed by atoms with E-state index < -0.39 is 5.97 Å². The number of aromatic carboxylic acids is 1. The topological polar surface area (TPSA) is 95.1 Å². The van der Waals surface area contributed by atoms with Gasteiger partial charge in [0.25, 0.3) is 0 Å². The molecule has 8 heteroatoms. The second-order valence-electron chi connectivity index (χ2n) is 11.8. The van der Waals surface area contributed by atoms with Crippen LogP contribution in [0.3, 0.4) is 0 Å². The van der Waals surface area contributed by atoms with Crippen LogP contribution < -0.4 is 4.74 Å². The van der Waals surface area contributed by atoms with E-state index in [0.29, 0.717) is 12.0 Å². The van der Waals surface area contributed by atoms with E-state index in [9.17, 15) is 9.90 Å². The minimum Gasteiger partial charge on any atom is -0.490 e. The van der Waals surface area contributed by atoms with Gasteiger partial charge in [-0.1, -0.05) is 48.7 Å². The van der Waals surface area contributed by atoms with Crippen LogP contribution >= 0.6 is 0 Å². The van der Waals surface area contributed by atoms with Crippen LogP contribution in [-0.4, -0.2) is 42.0 Å². The monoisotopic (exact) mass is 537 g/mol. The van der Waals surface area contributed by atoms with Crippen molar-refractivity contribution in [2.45, 2.75) is 82.3 Å². The normalized spacial score (nSPS) is 21.7. The molecule has 2 aromatic carbocycles. The summed E-state index contributed by atoms with van der Waals surface area (Å²) >= 11 is 0. The highest BCUT2D eigenvalue weighted by Gasteiger charge is 2.46. The van der Waals surface area contributed by atoms with E-state index in [1.54, 1.807) is 4.68 Å². The lowest BCUT2D eigenvalue weighted by atomic mass is 9.86. The lowest BCUT2D eigenvalue weighted by molar-refractivity contribution is 0.0695. The zero-order chi connectivity index (χ0) is 27.2. The summed E-state index contributed by atoms with van der Waals surface area (Å²) in [5.41, 5.74) is 4.85. The van der Waals surface area contributed by atoms with Gasteiger partial charge in [0.15, 0.2) is 0 Å². The number of hydrogen-bond donors (Lipinski definition) is 1. The lowest BCUT2D eigenvalue weighted by Gasteiger charge is -2.28. The highest BCUT2D eigenvalue weighted by Crippen LogP contribution is 2.55. The van der Waals surface area contributed by atoms with Crippen molar-refractivity contribution in [3.63, 3.8) is 0 Å². The van der Waals surface area contributed by atoms with Crippen LogP contribution in [0.4, 0.5) is 0 Å². The number of carboxylic acids is 1. The van der Waals surface area contributed by atoms with E-state index in [-0.39, 0.29) is 23.5 Å². The molecular formula is C32H35N5O3. The van der Waals surface area contributed by atoms with Crippen molar-refractivity contribution >= 4 is 5.97 Å². The molecular weight excluding hydrogens is 502 g/mol. The Balaban J connectivity index is 1.15. The average Bonchev–Trinajstić information content (AvgIpc) is 3.90. The minimum absolute atomic E-state index is 0.0413. The number of rotatable bonds is 9. The van der Waals surface area contributed by atoms with Gasteiger partial charge < -0.3 is 9.84 Å². The molecule has 3 saturated carbocycles. The van der Waals surface area contributed by atoms with Gasteiger partial charge in [-0.3, -0.25) is 0 Å². The van der Waals surface area contributed by atoms with Crippen LogP contribution in [0.1, 0.15) is 97.9 Å². The Kier molecular flexibility index (Phi) is 6.41. The summed E-state index contributed by atoms with van der Waals surface area (Å²) in [6.45, 7) is 2.19. The molecule has 0 unspecified atom stereocenters. The number of carboxylic acid groups (broad SMARTS) is 1. The Morgan fingerprint density at radius 3 is 2.55 bits per heavy atom. The van der Waals surface area contributed by atoms with Crippen LogP contribution in [0.15, 0.2) is 60.9 Å². The molecule has 2 heterocycles. The first kappa shape index (κ1) is 25.1. The molecule has 4 aromatic rings. The quantitative estimate of drug-likeness (QED) is 0.253. The van der Waals surface area contributed by atoms with E-state index in [2.05, 4.69) is 46.6 Å². The smallest absolute Gasteiger partial charge is 0.339 e. The standard InChI is InChI=1S/C32H35N5O3/c1-20(21-7-3-2-4-8-21)40-26-12-6-10-23(16-26)22-9-5-11-25(15-22)37-31(29(18-33-37)32(38)39)28-17-27(28)30-19-36(35-34-30)24-13-14-24/h5-6,9-12,15-16,18-21,24,27-28H,2-4,7-8,13-14,17H2,1H3,(H,38,39)/t20-,27+,28+/m0/s1. The summed E-state index contributed by atoms with van der Waals surface area (Å²) in [4.78, 5) is 12.2. The average molecular weight is 538 g/mol. The highest BCUT2D eigenvalue weighted by atomic mass is 16.5. The second kappa shape index (κ2) is 10.2. The third-order valence-electron chi connectivity index (χ3n) is 8.90. The van der Waals surface area contributed by atoms with Gasteiger partial charge in [-0.05, 0) is 80.3 Å². The van der Waals surface area contributed by atoms with Crippen LogP contribution in [0.25, 0.3) is 16.8 Å². The van der Waals surface area contributed by atoms with Crippen LogP contribution in [0.2, 0.25) is 0 Å². The van der Waals surface area contributed by atoms with Gasteiger partial charge in [0.2, 0.25) is 0 Å². The van der Waals surface area contributed by atoms with Crippen LogP contribution in [0.5, 0.6) is 5.75 Å². The molecule has 8 nitrogen and oxygen atoms in total. The maximum absolute atomic E-state index is 12.2. The number of carbonyl (C=O) groups is 1. The first-order chi connectivity index (χ1) is 19.5. The van der Waals surface area contributed by atoms with E-state index in [0.717, 1.165) is 53.2 Å². The molecule has 7 rings (SSSR count). The Labute approximate surface area is 234 Å². The Bertz CT molecular complexity index is 1530. The zero-order valence-corrected chi connectivity index (χ0v) is 22.8. The maximum Gasteiger partial charge on any atom is 0.339 e. The molecule has 3 atom stereocenters. The van der Waals surface area contributed by atoms with Crippen molar-refractivity contribution < 1.29 is 14.6 Å². The number of nitrogens with zero attached hydrogens (tertiary/aromatic N) is 5. The fourth-order valence-electron chi connectivity index (χ4n) is 6.37. The number of aromatic nitrogens is 5. The molecule has 2 aromatic heterocycles. The summed E-state index contributed by atoms with van der Waals surface area (Å²) in [7, 11) is 0. The molecule has 0 saturated heterocycles. The van der Waals surface area contributed by atoms with Gasteiger partial charge in [0.1, 0.15) is 11.3 Å². The van der Waals surface area contributed by atoms with Gasteiger partial charge in [-0.25, -0.2) is 14.2 Å². The molecule has 0 spiro atoms. The maximum atomic E-state index is 12.2.